The second-order valence-electron chi connectivity index (χ2n) is 2.80. The van der Waals surface area contributed by atoms with Crippen LogP contribution >= 0.6 is 0 Å². The molecule has 0 fully saturated rings. The zero-order chi connectivity index (χ0) is 8.81. The van der Waals surface area contributed by atoms with Gasteiger partial charge in [0.2, 0.25) is 0 Å². The molecular weight excluding hydrogens is 152 g/mol. The second kappa shape index (κ2) is 4.91. The monoisotopic (exact) mass is 166 g/mol. The minimum atomic E-state index is -0.391. The van der Waals surface area contributed by atoms with Crippen molar-refractivity contribution in [3.05, 3.63) is 35.9 Å². The van der Waals surface area contributed by atoms with E-state index in [1.807, 2.05) is 30.3 Å². The molecule has 0 amide bonds. The summed E-state index contributed by atoms with van der Waals surface area (Å²) in [6, 6.07) is 9.90. The molecule has 0 saturated heterocycles. The van der Waals surface area contributed by atoms with Crippen molar-refractivity contribution in [3.63, 3.8) is 0 Å². The van der Waals surface area contributed by atoms with Crippen LogP contribution in [0.25, 0.3) is 0 Å². The molecule has 1 aromatic rings. The Kier molecular flexibility index (Phi) is 3.77. The third-order valence-corrected chi connectivity index (χ3v) is 1.67. The summed E-state index contributed by atoms with van der Waals surface area (Å²) in [4.78, 5) is 0. The predicted octanol–water partition coefficient (Wildman–Crippen LogP) is 1.24. The van der Waals surface area contributed by atoms with Crippen LogP contribution in [-0.2, 0) is 11.2 Å². The molecule has 66 valence electrons. The van der Waals surface area contributed by atoms with Gasteiger partial charge in [0.1, 0.15) is 0 Å². The normalized spacial score (nSPS) is 12.8. The van der Waals surface area contributed by atoms with Gasteiger partial charge in [0.15, 0.2) is 0 Å². The first-order valence-electron chi connectivity index (χ1n) is 4.04. The summed E-state index contributed by atoms with van der Waals surface area (Å²) in [6.07, 6.45) is 0.270. The van der Waals surface area contributed by atoms with E-state index in [1.165, 1.54) is 0 Å². The van der Waals surface area contributed by atoms with Gasteiger partial charge in [-0.3, -0.25) is 0 Å². The van der Waals surface area contributed by atoms with Gasteiger partial charge < -0.3 is 9.84 Å². The minimum Gasteiger partial charge on any atom is -0.390 e. The van der Waals surface area contributed by atoms with E-state index in [9.17, 15) is 5.11 Å². The first-order chi connectivity index (χ1) is 5.83. The van der Waals surface area contributed by atoms with Gasteiger partial charge in [0, 0.05) is 13.5 Å². The third kappa shape index (κ3) is 3.03. The molecule has 1 N–H and O–H groups in total. The highest BCUT2D eigenvalue weighted by Crippen LogP contribution is 2.02. The van der Waals surface area contributed by atoms with Gasteiger partial charge in [0.25, 0.3) is 0 Å². The van der Waals surface area contributed by atoms with E-state index >= 15 is 0 Å². The summed E-state index contributed by atoms with van der Waals surface area (Å²) < 4.78 is 4.83. The molecule has 1 rings (SSSR count). The van der Waals surface area contributed by atoms with Crippen LogP contribution in [0.15, 0.2) is 30.3 Å². The Morgan fingerprint density at radius 2 is 2.00 bits per heavy atom. The van der Waals surface area contributed by atoms with Crippen molar-refractivity contribution in [1.29, 1.82) is 0 Å². The van der Waals surface area contributed by atoms with Crippen molar-refractivity contribution in [1.82, 2.24) is 0 Å². The SMILES string of the molecule is COC[C@H](O)Cc1ccccc1. The Bertz CT molecular complexity index is 208. The number of aliphatic hydroxyl groups is 1. The van der Waals surface area contributed by atoms with E-state index in [2.05, 4.69) is 0 Å². The number of hydrogen-bond donors (Lipinski definition) is 1. The summed E-state index contributed by atoms with van der Waals surface area (Å²) in [5, 5.41) is 9.38. The fourth-order valence-electron chi connectivity index (χ4n) is 1.14. The number of ether oxygens (including phenoxy) is 1. The predicted molar refractivity (Wildman–Crippen MR) is 48.0 cm³/mol. The van der Waals surface area contributed by atoms with E-state index in [1.54, 1.807) is 7.11 Å². The van der Waals surface area contributed by atoms with Crippen LogP contribution in [-0.4, -0.2) is 24.9 Å². The van der Waals surface area contributed by atoms with Gasteiger partial charge in [-0.2, -0.15) is 0 Å². The maximum atomic E-state index is 9.38. The molecule has 0 unspecified atom stereocenters. The van der Waals surface area contributed by atoms with Crippen LogP contribution in [0, 0.1) is 0 Å². The van der Waals surface area contributed by atoms with Crippen LogP contribution in [0.5, 0.6) is 0 Å². The summed E-state index contributed by atoms with van der Waals surface area (Å²) in [6.45, 7) is 0.398. The van der Waals surface area contributed by atoms with Crippen LogP contribution in [0.3, 0.4) is 0 Å². The standard InChI is InChI=1S/C10H14O2/c1-12-8-10(11)7-9-5-3-2-4-6-9/h2-6,10-11H,7-8H2,1H3/t10-/m1/s1. The largest absolute Gasteiger partial charge is 0.390 e. The number of methoxy groups -OCH3 is 1. The van der Waals surface area contributed by atoms with Gasteiger partial charge in [0.05, 0.1) is 12.7 Å². The Balaban J connectivity index is 2.41. The van der Waals surface area contributed by atoms with Crippen LogP contribution < -0.4 is 0 Å². The summed E-state index contributed by atoms with van der Waals surface area (Å²) >= 11 is 0. The lowest BCUT2D eigenvalue weighted by Gasteiger charge is -2.08. The molecule has 0 radical (unpaired) electrons. The molecule has 0 spiro atoms. The Hall–Kier alpha value is -0.860. The molecule has 0 aliphatic rings. The number of benzene rings is 1. The lowest BCUT2D eigenvalue weighted by Crippen LogP contribution is -2.16. The topological polar surface area (TPSA) is 29.5 Å². The lowest BCUT2D eigenvalue weighted by atomic mass is 10.1. The second-order valence-corrected chi connectivity index (χ2v) is 2.80. The van der Waals surface area contributed by atoms with E-state index < -0.39 is 6.10 Å². The van der Waals surface area contributed by atoms with Crippen LogP contribution in [0.1, 0.15) is 5.56 Å². The number of aliphatic hydroxyl groups excluding tert-OH is 1. The molecule has 0 aromatic heterocycles. The fraction of sp³-hybridized carbons (Fsp3) is 0.400. The van der Waals surface area contributed by atoms with E-state index in [0.29, 0.717) is 13.0 Å². The van der Waals surface area contributed by atoms with E-state index in [0.717, 1.165) is 5.56 Å². The van der Waals surface area contributed by atoms with Gasteiger partial charge in [-0.25, -0.2) is 0 Å². The fourth-order valence-corrected chi connectivity index (χ4v) is 1.14. The molecule has 1 atom stereocenters. The molecule has 12 heavy (non-hydrogen) atoms. The van der Waals surface area contributed by atoms with Crippen molar-refractivity contribution >= 4 is 0 Å². The van der Waals surface area contributed by atoms with Crippen molar-refractivity contribution in [2.24, 2.45) is 0 Å². The van der Waals surface area contributed by atoms with Crippen molar-refractivity contribution < 1.29 is 9.84 Å². The zero-order valence-corrected chi connectivity index (χ0v) is 7.23. The smallest absolute Gasteiger partial charge is 0.0813 e. The Labute approximate surface area is 72.8 Å². The summed E-state index contributed by atoms with van der Waals surface area (Å²) in [5.41, 5.74) is 1.14. The highest BCUT2D eigenvalue weighted by atomic mass is 16.5. The van der Waals surface area contributed by atoms with Gasteiger partial charge in [-0.1, -0.05) is 30.3 Å². The highest BCUT2D eigenvalue weighted by molar-refractivity contribution is 5.15. The van der Waals surface area contributed by atoms with E-state index in [4.69, 9.17) is 4.74 Å². The molecule has 0 heterocycles. The maximum Gasteiger partial charge on any atom is 0.0813 e. The molecule has 2 nitrogen and oxygen atoms in total. The van der Waals surface area contributed by atoms with Crippen LogP contribution in [0.2, 0.25) is 0 Å². The Morgan fingerprint density at radius 3 is 2.58 bits per heavy atom. The Morgan fingerprint density at radius 1 is 1.33 bits per heavy atom. The lowest BCUT2D eigenvalue weighted by molar-refractivity contribution is 0.0650. The average Bonchev–Trinajstić information content (AvgIpc) is 2.06. The molecule has 0 aliphatic heterocycles. The van der Waals surface area contributed by atoms with Gasteiger partial charge in [-0.15, -0.1) is 0 Å². The molecule has 2 heteroatoms. The molecule has 0 saturated carbocycles. The highest BCUT2D eigenvalue weighted by Gasteiger charge is 2.03. The van der Waals surface area contributed by atoms with Crippen LogP contribution in [0.4, 0.5) is 0 Å². The van der Waals surface area contributed by atoms with Gasteiger partial charge >= 0.3 is 0 Å². The first-order valence-corrected chi connectivity index (χ1v) is 4.04. The molecule has 1 aromatic carbocycles. The maximum absolute atomic E-state index is 9.38. The average molecular weight is 166 g/mol. The van der Waals surface area contributed by atoms with E-state index in [-0.39, 0.29) is 0 Å². The van der Waals surface area contributed by atoms with Crippen molar-refractivity contribution in [2.75, 3.05) is 13.7 Å². The molecular formula is C10H14O2. The first kappa shape index (κ1) is 9.23. The van der Waals surface area contributed by atoms with Gasteiger partial charge in [-0.05, 0) is 5.56 Å². The molecule has 0 aliphatic carbocycles. The van der Waals surface area contributed by atoms with Crippen molar-refractivity contribution in [3.8, 4) is 0 Å². The minimum absolute atomic E-state index is 0.391. The number of hydrogen-bond acceptors (Lipinski definition) is 2. The number of rotatable bonds is 4. The third-order valence-electron chi connectivity index (χ3n) is 1.67. The van der Waals surface area contributed by atoms with Crippen molar-refractivity contribution in [2.45, 2.75) is 12.5 Å². The quantitative estimate of drug-likeness (QED) is 0.729. The molecule has 0 bridgehead atoms. The zero-order valence-electron chi connectivity index (χ0n) is 7.23. The summed E-state index contributed by atoms with van der Waals surface area (Å²) in [5.74, 6) is 0. The summed E-state index contributed by atoms with van der Waals surface area (Å²) in [7, 11) is 1.59.